The molecule has 164 valence electrons. The highest BCUT2D eigenvalue weighted by Crippen LogP contribution is 2.44. The van der Waals surface area contributed by atoms with E-state index in [2.05, 4.69) is 29.3 Å². The zero-order valence-electron chi connectivity index (χ0n) is 17.2. The van der Waals surface area contributed by atoms with Crippen LogP contribution in [-0.4, -0.2) is 65.2 Å². The zero-order valence-corrected chi connectivity index (χ0v) is 18.1. The lowest BCUT2D eigenvalue weighted by Crippen LogP contribution is -2.44. The lowest BCUT2D eigenvalue weighted by atomic mass is 9.98. The van der Waals surface area contributed by atoms with Crippen molar-refractivity contribution in [2.75, 3.05) is 32.0 Å². The molecule has 2 N–H and O–H groups in total. The van der Waals surface area contributed by atoms with Crippen LogP contribution in [0.15, 0.2) is 48.5 Å². The molecular formula is C24H22N2O5S. The molecule has 0 spiro atoms. The highest BCUT2D eigenvalue weighted by molar-refractivity contribution is 8.00. The minimum atomic E-state index is -0.933. The molecular weight excluding hydrogens is 428 g/mol. The lowest BCUT2D eigenvalue weighted by molar-refractivity contribution is -0.137. The topological polar surface area (TPSA) is 95.9 Å². The van der Waals surface area contributed by atoms with E-state index in [1.54, 1.807) is 0 Å². The summed E-state index contributed by atoms with van der Waals surface area (Å²) in [6.45, 7) is 0.761. The Kier molecular flexibility index (Phi) is 6.66. The molecule has 8 heteroatoms. The third kappa shape index (κ3) is 4.73. The second kappa shape index (κ2) is 9.79. The van der Waals surface area contributed by atoms with Crippen molar-refractivity contribution in [3.8, 4) is 23.0 Å². The van der Waals surface area contributed by atoms with Crippen molar-refractivity contribution in [3.63, 3.8) is 0 Å². The van der Waals surface area contributed by atoms with Gasteiger partial charge in [0.25, 0.3) is 5.91 Å². The van der Waals surface area contributed by atoms with Gasteiger partial charge in [-0.05, 0) is 28.2 Å². The van der Waals surface area contributed by atoms with Crippen molar-refractivity contribution in [1.29, 1.82) is 0 Å². The van der Waals surface area contributed by atoms with Crippen LogP contribution in [0.2, 0.25) is 0 Å². The van der Waals surface area contributed by atoms with E-state index >= 15 is 0 Å². The summed E-state index contributed by atoms with van der Waals surface area (Å²) < 4.78 is 5.42. The van der Waals surface area contributed by atoms with Gasteiger partial charge >= 0.3 is 12.1 Å². The molecule has 1 fully saturated rings. The summed E-state index contributed by atoms with van der Waals surface area (Å²) in [5.74, 6) is 4.22. The molecule has 1 unspecified atom stereocenters. The van der Waals surface area contributed by atoms with E-state index in [9.17, 15) is 14.4 Å². The second-order valence-corrected chi connectivity index (χ2v) is 8.74. The van der Waals surface area contributed by atoms with Gasteiger partial charge in [-0.25, -0.2) is 4.79 Å². The van der Waals surface area contributed by atoms with Crippen molar-refractivity contribution < 1.29 is 24.2 Å². The number of carboxylic acid groups (broad SMARTS) is 1. The number of carbonyl (C=O) groups is 3. The van der Waals surface area contributed by atoms with Gasteiger partial charge in [0.1, 0.15) is 11.9 Å². The Balaban J connectivity index is 1.27. The van der Waals surface area contributed by atoms with Crippen LogP contribution in [0.5, 0.6) is 0 Å². The molecule has 32 heavy (non-hydrogen) atoms. The van der Waals surface area contributed by atoms with E-state index in [0.717, 1.165) is 22.3 Å². The van der Waals surface area contributed by atoms with Gasteiger partial charge < -0.3 is 20.1 Å². The summed E-state index contributed by atoms with van der Waals surface area (Å²) in [6.07, 6.45) is -0.603. The number of aliphatic carboxylic acids is 1. The first kappa shape index (κ1) is 21.8. The number of carbonyl (C=O) groups excluding carboxylic acids is 2. The maximum absolute atomic E-state index is 12.2. The average molecular weight is 451 g/mol. The summed E-state index contributed by atoms with van der Waals surface area (Å²) in [7, 11) is 0. The molecule has 1 heterocycles. The van der Waals surface area contributed by atoms with Gasteiger partial charge in [-0.3, -0.25) is 9.59 Å². The SMILES string of the molecule is O=C(NCC#CC(=O)N1CCSC(C(=O)O)C1)OCC1c2ccccc2-c2ccccc21. The molecule has 0 bridgehead atoms. The van der Waals surface area contributed by atoms with Crippen LogP contribution in [0.3, 0.4) is 0 Å². The first-order valence-electron chi connectivity index (χ1n) is 10.3. The smallest absolute Gasteiger partial charge is 0.407 e. The zero-order chi connectivity index (χ0) is 22.5. The van der Waals surface area contributed by atoms with E-state index in [-0.39, 0.29) is 25.6 Å². The van der Waals surface area contributed by atoms with Gasteiger partial charge in [-0.2, -0.15) is 0 Å². The number of fused-ring (bicyclic) bond motifs is 3. The molecule has 2 aromatic rings. The molecule has 1 aliphatic heterocycles. The third-order valence-corrected chi connectivity index (χ3v) is 6.66. The Hall–Kier alpha value is -3.44. The first-order chi connectivity index (χ1) is 15.5. The van der Waals surface area contributed by atoms with Crippen LogP contribution in [0.4, 0.5) is 4.79 Å². The van der Waals surface area contributed by atoms with E-state index in [0.29, 0.717) is 12.3 Å². The van der Waals surface area contributed by atoms with Crippen LogP contribution in [0.25, 0.3) is 11.1 Å². The van der Waals surface area contributed by atoms with Gasteiger partial charge in [0.2, 0.25) is 0 Å². The predicted molar refractivity (Wildman–Crippen MR) is 121 cm³/mol. The van der Waals surface area contributed by atoms with E-state index < -0.39 is 23.2 Å². The molecule has 2 amide bonds. The van der Waals surface area contributed by atoms with Gasteiger partial charge in [0.15, 0.2) is 0 Å². The number of nitrogens with zero attached hydrogens (tertiary/aromatic N) is 1. The van der Waals surface area contributed by atoms with Gasteiger partial charge in [0.05, 0.1) is 6.54 Å². The van der Waals surface area contributed by atoms with E-state index in [4.69, 9.17) is 9.84 Å². The largest absolute Gasteiger partial charge is 0.480 e. The fourth-order valence-corrected chi connectivity index (χ4v) is 4.99. The molecule has 7 nitrogen and oxygen atoms in total. The Morgan fingerprint density at radius 1 is 1.09 bits per heavy atom. The van der Waals surface area contributed by atoms with Gasteiger partial charge in [-0.15, -0.1) is 11.8 Å². The normalized spacial score (nSPS) is 16.9. The molecule has 0 aromatic heterocycles. The summed E-state index contributed by atoms with van der Waals surface area (Å²) >= 11 is 1.32. The van der Waals surface area contributed by atoms with Crippen LogP contribution in [-0.2, 0) is 14.3 Å². The average Bonchev–Trinajstić information content (AvgIpc) is 3.14. The minimum absolute atomic E-state index is 0.0278. The quantitative estimate of drug-likeness (QED) is 0.695. The fraction of sp³-hybridized carbons (Fsp3) is 0.292. The fourth-order valence-electron chi connectivity index (χ4n) is 3.95. The monoisotopic (exact) mass is 450 g/mol. The summed E-state index contributed by atoms with van der Waals surface area (Å²) in [6, 6.07) is 16.2. The number of hydrogen-bond donors (Lipinski definition) is 2. The Bertz CT molecular complexity index is 1060. The Morgan fingerprint density at radius 3 is 2.41 bits per heavy atom. The molecule has 1 aliphatic carbocycles. The molecule has 0 saturated carbocycles. The van der Waals surface area contributed by atoms with Crippen LogP contribution in [0, 0.1) is 11.8 Å². The summed E-state index contributed by atoms with van der Waals surface area (Å²) in [4.78, 5) is 36.8. The number of ether oxygens (including phenoxy) is 1. The number of benzene rings is 2. The molecule has 4 rings (SSSR count). The number of thioether (sulfide) groups is 1. The van der Waals surface area contributed by atoms with E-state index in [1.165, 1.54) is 16.7 Å². The number of rotatable bonds is 4. The third-order valence-electron chi connectivity index (χ3n) is 5.49. The number of hydrogen-bond acceptors (Lipinski definition) is 5. The van der Waals surface area contributed by atoms with Crippen LogP contribution >= 0.6 is 11.8 Å². The molecule has 2 aliphatic rings. The molecule has 1 atom stereocenters. The number of amides is 2. The Labute approximate surface area is 190 Å². The molecule has 1 saturated heterocycles. The van der Waals surface area contributed by atoms with Gasteiger partial charge in [0, 0.05) is 24.8 Å². The maximum Gasteiger partial charge on any atom is 0.407 e. The number of alkyl carbamates (subject to hydrolysis) is 1. The first-order valence-corrected chi connectivity index (χ1v) is 11.3. The summed E-state index contributed by atoms with van der Waals surface area (Å²) in [5.41, 5.74) is 4.57. The highest BCUT2D eigenvalue weighted by Gasteiger charge is 2.29. The van der Waals surface area contributed by atoms with Crippen molar-refractivity contribution in [2.45, 2.75) is 11.2 Å². The standard InChI is InChI=1S/C24H22N2O5S/c27-22(26-12-13-32-21(14-26)23(28)29)10-5-11-25-24(30)31-15-20-18-8-3-1-6-16(18)17-7-2-4-9-19(17)20/h1-4,6-9,20-21H,11-15H2,(H,25,30)(H,28,29). The van der Waals surface area contributed by atoms with Gasteiger partial charge in [-0.1, -0.05) is 54.5 Å². The number of nitrogens with one attached hydrogen (secondary N) is 1. The minimum Gasteiger partial charge on any atom is -0.480 e. The van der Waals surface area contributed by atoms with Crippen LogP contribution < -0.4 is 5.32 Å². The lowest BCUT2D eigenvalue weighted by Gasteiger charge is -2.28. The van der Waals surface area contributed by atoms with E-state index in [1.807, 2.05) is 36.4 Å². The molecule has 2 aromatic carbocycles. The molecule has 0 radical (unpaired) electrons. The van der Waals surface area contributed by atoms with Crippen molar-refractivity contribution in [3.05, 3.63) is 59.7 Å². The van der Waals surface area contributed by atoms with Crippen molar-refractivity contribution in [1.82, 2.24) is 10.2 Å². The van der Waals surface area contributed by atoms with Crippen LogP contribution in [0.1, 0.15) is 17.0 Å². The second-order valence-electron chi connectivity index (χ2n) is 7.43. The number of carboxylic acids is 1. The maximum atomic E-state index is 12.2. The Morgan fingerprint density at radius 2 is 1.75 bits per heavy atom. The van der Waals surface area contributed by atoms with Crippen molar-refractivity contribution in [2.24, 2.45) is 0 Å². The highest BCUT2D eigenvalue weighted by atomic mass is 32.2. The van der Waals surface area contributed by atoms with Crippen molar-refractivity contribution >= 4 is 29.7 Å². The predicted octanol–water partition coefficient (Wildman–Crippen LogP) is 2.56. The summed E-state index contributed by atoms with van der Waals surface area (Å²) in [5, 5.41) is 11.0.